The molecule has 0 spiro atoms. The van der Waals surface area contributed by atoms with Gasteiger partial charge in [0.2, 0.25) is 0 Å². The van der Waals surface area contributed by atoms with Crippen molar-refractivity contribution in [1.29, 1.82) is 0 Å². The van der Waals surface area contributed by atoms with Gasteiger partial charge in [-0.1, -0.05) is 6.07 Å². The number of nitrogens with zero attached hydrogens (tertiary/aromatic N) is 2. The van der Waals surface area contributed by atoms with Crippen molar-refractivity contribution in [3.63, 3.8) is 0 Å². The summed E-state index contributed by atoms with van der Waals surface area (Å²) in [5, 5.41) is 10.3. The number of hydrogen-bond acceptors (Lipinski definition) is 3. The van der Waals surface area contributed by atoms with Crippen molar-refractivity contribution in [2.45, 2.75) is 6.42 Å². The zero-order valence-corrected chi connectivity index (χ0v) is 8.23. The van der Waals surface area contributed by atoms with E-state index >= 15 is 0 Å². The molecule has 0 unspecified atom stereocenters. The monoisotopic (exact) mass is 204 g/mol. The highest BCUT2D eigenvalue weighted by molar-refractivity contribution is 5.37. The van der Waals surface area contributed by atoms with Gasteiger partial charge in [-0.2, -0.15) is 5.10 Å². The number of rotatable bonds is 2. The van der Waals surface area contributed by atoms with Gasteiger partial charge in [-0.3, -0.25) is 9.89 Å². The lowest BCUT2D eigenvalue weighted by molar-refractivity contribution is 0.340. The van der Waals surface area contributed by atoms with Gasteiger partial charge in [0, 0.05) is 12.5 Å². The maximum Gasteiger partial charge on any atom is 0.257 e. The molecule has 0 amide bonds. The van der Waals surface area contributed by atoms with Gasteiger partial charge in [-0.05, 0) is 25.1 Å². The van der Waals surface area contributed by atoms with Crippen LogP contribution < -0.4 is 10.9 Å². The van der Waals surface area contributed by atoms with E-state index in [1.807, 2.05) is 6.07 Å². The predicted molar refractivity (Wildman–Crippen MR) is 55.9 cm³/mol. The fraction of sp³-hybridized carbons (Fsp3) is 0.400. The molecule has 15 heavy (non-hydrogen) atoms. The first kappa shape index (κ1) is 8.67. The lowest BCUT2D eigenvalue weighted by atomic mass is 9.99. The summed E-state index contributed by atoms with van der Waals surface area (Å²) in [5.41, 5.74) is 0.758. The number of pyridine rings is 1. The Bertz CT molecular complexity index is 538. The molecule has 2 aromatic heterocycles. The number of fused-ring (bicyclic) bond motifs is 1. The summed E-state index contributed by atoms with van der Waals surface area (Å²) < 4.78 is 1.65. The predicted octanol–water partition coefficient (Wildman–Crippen LogP) is -0.216. The number of H-pyrrole nitrogens is 1. The molecule has 5 nitrogen and oxygen atoms in total. The van der Waals surface area contributed by atoms with E-state index in [0.717, 1.165) is 31.0 Å². The molecule has 3 rings (SSSR count). The van der Waals surface area contributed by atoms with Crippen LogP contribution in [0.5, 0.6) is 0 Å². The first-order valence-corrected chi connectivity index (χ1v) is 5.10. The van der Waals surface area contributed by atoms with E-state index < -0.39 is 0 Å². The Kier molecular flexibility index (Phi) is 1.85. The van der Waals surface area contributed by atoms with E-state index in [4.69, 9.17) is 0 Å². The summed E-state index contributed by atoms with van der Waals surface area (Å²) in [5.74, 6) is 1.45. The Labute approximate surface area is 86.1 Å². The quantitative estimate of drug-likeness (QED) is 0.711. The molecule has 0 radical (unpaired) electrons. The van der Waals surface area contributed by atoms with E-state index in [1.165, 1.54) is 0 Å². The average Bonchev–Trinajstić information content (AvgIpc) is 2.56. The van der Waals surface area contributed by atoms with Gasteiger partial charge >= 0.3 is 0 Å². The fourth-order valence-electron chi connectivity index (χ4n) is 1.90. The molecule has 3 heterocycles. The van der Waals surface area contributed by atoms with Crippen LogP contribution in [-0.2, 0) is 6.42 Å². The Morgan fingerprint density at radius 3 is 3.07 bits per heavy atom. The third kappa shape index (κ3) is 1.35. The molecule has 2 aromatic rings. The molecule has 0 atom stereocenters. The van der Waals surface area contributed by atoms with Crippen LogP contribution in [-0.4, -0.2) is 27.7 Å². The van der Waals surface area contributed by atoms with Gasteiger partial charge < -0.3 is 5.32 Å². The summed E-state index contributed by atoms with van der Waals surface area (Å²) in [6.07, 6.45) is 0.858. The molecule has 78 valence electrons. The minimum atomic E-state index is -0.0106. The highest BCUT2D eigenvalue weighted by Gasteiger charge is 2.19. The van der Waals surface area contributed by atoms with E-state index in [1.54, 1.807) is 16.5 Å². The van der Waals surface area contributed by atoms with Crippen LogP contribution in [0.1, 0.15) is 5.82 Å². The molecule has 1 aliphatic rings. The molecule has 0 saturated carbocycles. The second-order valence-electron chi connectivity index (χ2n) is 3.95. The lowest BCUT2D eigenvalue weighted by Crippen LogP contribution is -2.43. The summed E-state index contributed by atoms with van der Waals surface area (Å²) in [6, 6.07) is 5.16. The first-order chi connectivity index (χ1) is 7.34. The van der Waals surface area contributed by atoms with Crippen molar-refractivity contribution in [2.24, 2.45) is 5.92 Å². The van der Waals surface area contributed by atoms with Crippen molar-refractivity contribution in [3.05, 3.63) is 34.4 Å². The summed E-state index contributed by atoms with van der Waals surface area (Å²) in [7, 11) is 0. The molecular weight excluding hydrogens is 192 g/mol. The lowest BCUT2D eigenvalue weighted by Gasteiger charge is -2.25. The maximum atomic E-state index is 11.6. The molecular formula is C10H12N4O. The summed E-state index contributed by atoms with van der Waals surface area (Å²) >= 11 is 0. The molecule has 5 heteroatoms. The molecule has 0 aromatic carbocycles. The number of aromatic nitrogens is 3. The minimum absolute atomic E-state index is 0.0106. The third-order valence-corrected chi connectivity index (χ3v) is 2.85. The highest BCUT2D eigenvalue weighted by atomic mass is 16.1. The number of nitrogens with one attached hydrogen (secondary N) is 2. The molecule has 0 aliphatic carbocycles. The number of aromatic amines is 1. The molecule has 1 aliphatic heterocycles. The Balaban J connectivity index is 2.06. The molecule has 1 fully saturated rings. The van der Waals surface area contributed by atoms with Gasteiger partial charge in [-0.25, -0.2) is 4.40 Å². The smallest absolute Gasteiger partial charge is 0.257 e. The topological polar surface area (TPSA) is 62.2 Å². The second-order valence-corrected chi connectivity index (χ2v) is 3.95. The highest BCUT2D eigenvalue weighted by Crippen LogP contribution is 2.10. The van der Waals surface area contributed by atoms with Crippen LogP contribution >= 0.6 is 0 Å². The van der Waals surface area contributed by atoms with E-state index in [9.17, 15) is 4.79 Å². The Morgan fingerprint density at radius 2 is 2.33 bits per heavy atom. The molecule has 1 saturated heterocycles. The fourth-order valence-corrected chi connectivity index (χ4v) is 1.90. The average molecular weight is 204 g/mol. The normalized spacial score (nSPS) is 16.8. The standard InChI is InChI=1S/C10H12N4O/c15-10-3-1-2-8-12-13-9(14(8)10)4-7-5-11-6-7/h1-3,7,11-12H,4-6H2. The van der Waals surface area contributed by atoms with Crippen molar-refractivity contribution in [3.8, 4) is 0 Å². The van der Waals surface area contributed by atoms with Crippen LogP contribution in [0.25, 0.3) is 5.65 Å². The zero-order valence-electron chi connectivity index (χ0n) is 8.23. The zero-order chi connectivity index (χ0) is 10.3. The summed E-state index contributed by atoms with van der Waals surface area (Å²) in [4.78, 5) is 11.6. The SMILES string of the molecule is O=c1cccc2[nH]nc(CC3CNC3)n12. The molecule has 0 bridgehead atoms. The van der Waals surface area contributed by atoms with E-state index in [2.05, 4.69) is 15.5 Å². The van der Waals surface area contributed by atoms with Gasteiger partial charge in [0.1, 0.15) is 11.5 Å². The van der Waals surface area contributed by atoms with Crippen LogP contribution in [0.2, 0.25) is 0 Å². The van der Waals surface area contributed by atoms with Gasteiger partial charge in [0.25, 0.3) is 5.56 Å². The van der Waals surface area contributed by atoms with Crippen molar-refractivity contribution >= 4 is 5.65 Å². The largest absolute Gasteiger partial charge is 0.316 e. The van der Waals surface area contributed by atoms with Crippen LogP contribution in [0, 0.1) is 5.92 Å². The second kappa shape index (κ2) is 3.20. The summed E-state index contributed by atoms with van der Waals surface area (Å²) in [6.45, 7) is 2.05. The maximum absolute atomic E-state index is 11.6. The Morgan fingerprint density at radius 1 is 1.47 bits per heavy atom. The van der Waals surface area contributed by atoms with Crippen molar-refractivity contribution in [1.82, 2.24) is 19.9 Å². The minimum Gasteiger partial charge on any atom is -0.316 e. The van der Waals surface area contributed by atoms with Crippen LogP contribution in [0.15, 0.2) is 23.0 Å². The van der Waals surface area contributed by atoms with Crippen molar-refractivity contribution < 1.29 is 0 Å². The van der Waals surface area contributed by atoms with E-state index in [-0.39, 0.29) is 5.56 Å². The third-order valence-electron chi connectivity index (χ3n) is 2.85. The Hall–Kier alpha value is -1.62. The van der Waals surface area contributed by atoms with E-state index in [0.29, 0.717) is 5.92 Å². The van der Waals surface area contributed by atoms with Gasteiger partial charge in [0.15, 0.2) is 0 Å². The van der Waals surface area contributed by atoms with Gasteiger partial charge in [0.05, 0.1) is 0 Å². The van der Waals surface area contributed by atoms with Crippen molar-refractivity contribution in [2.75, 3.05) is 13.1 Å². The number of hydrogen-bond donors (Lipinski definition) is 2. The molecule has 2 N–H and O–H groups in total. The van der Waals surface area contributed by atoms with Gasteiger partial charge in [-0.15, -0.1) is 0 Å². The van der Waals surface area contributed by atoms with Crippen LogP contribution in [0.3, 0.4) is 0 Å². The van der Waals surface area contributed by atoms with Crippen LogP contribution in [0.4, 0.5) is 0 Å². The first-order valence-electron chi connectivity index (χ1n) is 5.10.